The summed E-state index contributed by atoms with van der Waals surface area (Å²) in [5.41, 5.74) is 7.17. The molecule has 0 aliphatic rings. The van der Waals surface area contributed by atoms with Crippen molar-refractivity contribution in [2.75, 3.05) is 5.73 Å². The van der Waals surface area contributed by atoms with Crippen LogP contribution < -0.4 is 5.73 Å². The molecule has 12 heavy (non-hydrogen) atoms. The number of hydrogen-bond donors (Lipinski definition) is 2. The van der Waals surface area contributed by atoms with E-state index in [-0.39, 0.29) is 0 Å². The number of nitrogens with two attached hydrogens (primary N) is 1. The minimum Gasteiger partial charge on any atom is -0.381 e. The number of nitrogens with one attached hydrogen (secondary N) is 1. The first-order valence-corrected chi connectivity index (χ1v) is 3.46. The van der Waals surface area contributed by atoms with Gasteiger partial charge in [-0.15, -0.1) is 5.10 Å². The third kappa shape index (κ3) is 0.849. The quantitative estimate of drug-likeness (QED) is 0.615. The average Bonchev–Trinajstić information content (AvgIpc) is 2.64. The molecule has 2 aromatic rings. The van der Waals surface area contributed by atoms with Crippen molar-refractivity contribution < 1.29 is 0 Å². The number of nitrogen functional groups attached to an aromatic ring is 1. The molecule has 3 N–H and O–H groups in total. The van der Waals surface area contributed by atoms with Crippen molar-refractivity contribution >= 4 is 5.82 Å². The summed E-state index contributed by atoms with van der Waals surface area (Å²) in [7, 11) is 0. The third-order valence-electron chi connectivity index (χ3n) is 1.66. The third-order valence-corrected chi connectivity index (χ3v) is 1.66. The fourth-order valence-electron chi connectivity index (χ4n) is 0.946. The number of aromatic nitrogens is 5. The van der Waals surface area contributed by atoms with Crippen LogP contribution in [0.5, 0.6) is 0 Å². The Morgan fingerprint density at radius 3 is 2.92 bits per heavy atom. The Bertz CT molecular complexity index is 373. The summed E-state index contributed by atoms with van der Waals surface area (Å²) in [4.78, 5) is 0. The second-order valence-electron chi connectivity index (χ2n) is 2.43. The van der Waals surface area contributed by atoms with Gasteiger partial charge in [0.2, 0.25) is 0 Å². The molecular weight excluding hydrogens is 156 g/mol. The van der Waals surface area contributed by atoms with E-state index in [4.69, 9.17) is 5.73 Å². The Kier molecular flexibility index (Phi) is 1.33. The SMILES string of the molecule is Cc1c(N)nnn1-c1cn[nH]c1. The first-order valence-electron chi connectivity index (χ1n) is 3.46. The lowest BCUT2D eigenvalue weighted by atomic mass is 10.4. The van der Waals surface area contributed by atoms with E-state index in [0.717, 1.165) is 11.4 Å². The Balaban J connectivity index is 2.55. The van der Waals surface area contributed by atoms with E-state index in [0.29, 0.717) is 5.82 Å². The lowest BCUT2D eigenvalue weighted by Crippen LogP contribution is -1.97. The summed E-state index contributed by atoms with van der Waals surface area (Å²) in [6, 6.07) is 0. The normalized spacial score (nSPS) is 10.4. The molecule has 0 spiro atoms. The molecule has 0 unspecified atom stereocenters. The number of anilines is 1. The van der Waals surface area contributed by atoms with Crippen molar-refractivity contribution in [1.82, 2.24) is 25.2 Å². The highest BCUT2D eigenvalue weighted by Gasteiger charge is 2.06. The lowest BCUT2D eigenvalue weighted by molar-refractivity contribution is 0.786. The first kappa shape index (κ1) is 6.84. The van der Waals surface area contributed by atoms with E-state index < -0.39 is 0 Å². The van der Waals surface area contributed by atoms with Crippen molar-refractivity contribution in [1.29, 1.82) is 0 Å². The molecule has 0 aliphatic heterocycles. The molecule has 0 aromatic carbocycles. The highest BCUT2D eigenvalue weighted by Crippen LogP contribution is 2.10. The van der Waals surface area contributed by atoms with E-state index in [1.54, 1.807) is 17.1 Å². The Morgan fingerprint density at radius 1 is 1.58 bits per heavy atom. The van der Waals surface area contributed by atoms with Gasteiger partial charge in [0.25, 0.3) is 0 Å². The van der Waals surface area contributed by atoms with Gasteiger partial charge in [-0.05, 0) is 6.92 Å². The van der Waals surface area contributed by atoms with Crippen molar-refractivity contribution in [3.8, 4) is 5.69 Å². The van der Waals surface area contributed by atoms with Crippen LogP contribution in [0.25, 0.3) is 5.69 Å². The molecule has 0 atom stereocenters. The molecule has 0 saturated carbocycles. The van der Waals surface area contributed by atoms with Gasteiger partial charge in [-0.1, -0.05) is 5.21 Å². The van der Waals surface area contributed by atoms with Gasteiger partial charge < -0.3 is 5.73 Å². The maximum atomic E-state index is 5.52. The summed E-state index contributed by atoms with van der Waals surface area (Å²) < 4.78 is 1.62. The van der Waals surface area contributed by atoms with E-state index in [9.17, 15) is 0 Å². The second kappa shape index (κ2) is 2.33. The summed E-state index contributed by atoms with van der Waals surface area (Å²) in [5.74, 6) is 0.441. The van der Waals surface area contributed by atoms with Crippen molar-refractivity contribution in [2.24, 2.45) is 0 Å². The fourth-order valence-corrected chi connectivity index (χ4v) is 0.946. The van der Waals surface area contributed by atoms with Crippen LogP contribution in [-0.4, -0.2) is 25.2 Å². The Labute approximate surface area is 68.4 Å². The van der Waals surface area contributed by atoms with E-state index in [2.05, 4.69) is 20.5 Å². The minimum atomic E-state index is 0.441. The molecule has 0 fully saturated rings. The predicted octanol–water partition coefficient (Wildman–Crippen LogP) is -0.119. The molecule has 6 nitrogen and oxygen atoms in total. The van der Waals surface area contributed by atoms with E-state index >= 15 is 0 Å². The van der Waals surface area contributed by atoms with Gasteiger partial charge in [0.05, 0.1) is 11.9 Å². The zero-order valence-electron chi connectivity index (χ0n) is 6.52. The van der Waals surface area contributed by atoms with E-state index in [1.807, 2.05) is 6.92 Å². The topological polar surface area (TPSA) is 85.4 Å². The number of hydrogen-bond acceptors (Lipinski definition) is 4. The van der Waals surface area contributed by atoms with Gasteiger partial charge in [0.1, 0.15) is 5.69 Å². The number of aromatic amines is 1. The Hall–Kier alpha value is -1.85. The first-order chi connectivity index (χ1) is 5.79. The van der Waals surface area contributed by atoms with Gasteiger partial charge in [-0.3, -0.25) is 5.10 Å². The maximum absolute atomic E-state index is 5.52. The summed E-state index contributed by atoms with van der Waals surface area (Å²) >= 11 is 0. The van der Waals surface area contributed by atoms with Crippen LogP contribution in [0.4, 0.5) is 5.82 Å². The highest BCUT2D eigenvalue weighted by molar-refractivity contribution is 5.37. The lowest BCUT2D eigenvalue weighted by Gasteiger charge is -1.95. The standard InChI is InChI=1S/C6H8N6/c1-4-6(7)10-11-12(4)5-2-8-9-3-5/h2-3H,7H2,1H3,(H,8,9). The molecule has 0 aliphatic carbocycles. The number of rotatable bonds is 1. The summed E-state index contributed by atoms with van der Waals surface area (Å²) in [6.45, 7) is 1.85. The maximum Gasteiger partial charge on any atom is 0.169 e. The minimum absolute atomic E-state index is 0.441. The van der Waals surface area contributed by atoms with E-state index in [1.165, 1.54) is 0 Å². The molecule has 0 bridgehead atoms. The van der Waals surface area contributed by atoms with Gasteiger partial charge in [-0.25, -0.2) is 4.68 Å². The van der Waals surface area contributed by atoms with Crippen LogP contribution >= 0.6 is 0 Å². The van der Waals surface area contributed by atoms with Crippen molar-refractivity contribution in [3.63, 3.8) is 0 Å². The van der Waals surface area contributed by atoms with Crippen LogP contribution in [0.2, 0.25) is 0 Å². The van der Waals surface area contributed by atoms with Gasteiger partial charge in [0.15, 0.2) is 5.82 Å². The molecular formula is C6H8N6. The molecule has 0 saturated heterocycles. The molecule has 6 heteroatoms. The van der Waals surface area contributed by atoms with Crippen LogP contribution in [0, 0.1) is 6.92 Å². The van der Waals surface area contributed by atoms with Gasteiger partial charge >= 0.3 is 0 Å². The molecule has 62 valence electrons. The zero-order chi connectivity index (χ0) is 8.55. The summed E-state index contributed by atoms with van der Waals surface area (Å²) in [5, 5.41) is 14.0. The smallest absolute Gasteiger partial charge is 0.169 e. The largest absolute Gasteiger partial charge is 0.381 e. The number of nitrogens with zero attached hydrogens (tertiary/aromatic N) is 4. The molecule has 2 aromatic heterocycles. The Morgan fingerprint density at radius 2 is 2.42 bits per heavy atom. The van der Waals surface area contributed by atoms with Crippen LogP contribution in [-0.2, 0) is 0 Å². The van der Waals surface area contributed by atoms with Gasteiger partial charge in [-0.2, -0.15) is 5.10 Å². The predicted molar refractivity (Wildman–Crippen MR) is 42.7 cm³/mol. The van der Waals surface area contributed by atoms with Gasteiger partial charge in [0, 0.05) is 6.20 Å². The summed E-state index contributed by atoms with van der Waals surface area (Å²) in [6.07, 6.45) is 3.38. The zero-order valence-corrected chi connectivity index (χ0v) is 6.52. The fraction of sp³-hybridized carbons (Fsp3) is 0.167. The second-order valence-corrected chi connectivity index (χ2v) is 2.43. The molecule has 2 heterocycles. The van der Waals surface area contributed by atoms with Crippen LogP contribution in [0.3, 0.4) is 0 Å². The van der Waals surface area contributed by atoms with Crippen LogP contribution in [0.1, 0.15) is 5.69 Å². The highest BCUT2D eigenvalue weighted by atomic mass is 15.5. The number of H-pyrrole nitrogens is 1. The molecule has 2 rings (SSSR count). The average molecular weight is 164 g/mol. The molecule has 0 amide bonds. The van der Waals surface area contributed by atoms with Crippen LogP contribution in [0.15, 0.2) is 12.4 Å². The molecule has 0 radical (unpaired) electrons. The monoisotopic (exact) mass is 164 g/mol. The van der Waals surface area contributed by atoms with Crippen molar-refractivity contribution in [3.05, 3.63) is 18.1 Å². The van der Waals surface area contributed by atoms with Crippen molar-refractivity contribution in [2.45, 2.75) is 6.92 Å².